The smallest absolute Gasteiger partial charge is 0.188 e. The van der Waals surface area contributed by atoms with Crippen molar-refractivity contribution >= 4 is 33.3 Å². The van der Waals surface area contributed by atoms with Crippen molar-refractivity contribution in [1.29, 1.82) is 5.26 Å². The number of ether oxygens (including phenoxy) is 1. The van der Waals surface area contributed by atoms with Crippen molar-refractivity contribution in [2.24, 2.45) is 0 Å². The second kappa shape index (κ2) is 6.75. The highest BCUT2D eigenvalue weighted by molar-refractivity contribution is 9.10. The molecule has 0 radical (unpaired) electrons. The summed E-state index contributed by atoms with van der Waals surface area (Å²) < 4.78 is 5.99. The fourth-order valence-electron chi connectivity index (χ4n) is 1.99. The van der Waals surface area contributed by atoms with Crippen LogP contribution in [0.1, 0.15) is 21.8 Å². The minimum Gasteiger partial charge on any atom is -0.496 e. The summed E-state index contributed by atoms with van der Waals surface area (Å²) >= 11 is 9.23. The molecule has 0 aliphatic heterocycles. The van der Waals surface area contributed by atoms with Crippen LogP contribution in [0.2, 0.25) is 5.02 Å². The number of halogens is 2. The SMILES string of the molecule is COc1cc(Cl)ccc1C(=O)C(C#N)c1cccc(Br)c1. The zero-order chi connectivity index (χ0) is 15.4. The summed E-state index contributed by atoms with van der Waals surface area (Å²) in [5.41, 5.74) is 0.974. The third-order valence-electron chi connectivity index (χ3n) is 3.00. The predicted octanol–water partition coefficient (Wildman–Crippen LogP) is 4.60. The number of carbonyl (C=O) groups is 1. The van der Waals surface area contributed by atoms with Crippen LogP contribution in [-0.4, -0.2) is 12.9 Å². The van der Waals surface area contributed by atoms with Crippen molar-refractivity contribution in [2.45, 2.75) is 5.92 Å². The lowest BCUT2D eigenvalue weighted by Crippen LogP contribution is -2.12. The lowest BCUT2D eigenvalue weighted by Gasteiger charge is -2.12. The molecule has 2 aromatic rings. The van der Waals surface area contributed by atoms with Gasteiger partial charge in [-0.1, -0.05) is 39.7 Å². The van der Waals surface area contributed by atoms with Crippen LogP contribution >= 0.6 is 27.5 Å². The van der Waals surface area contributed by atoms with E-state index in [9.17, 15) is 10.1 Å². The van der Waals surface area contributed by atoms with Crippen LogP contribution in [0, 0.1) is 11.3 Å². The Hall–Kier alpha value is -1.83. The van der Waals surface area contributed by atoms with Crippen molar-refractivity contribution in [1.82, 2.24) is 0 Å². The molecule has 0 aromatic heterocycles. The van der Waals surface area contributed by atoms with E-state index in [2.05, 4.69) is 22.0 Å². The average molecular weight is 365 g/mol. The molecule has 0 heterocycles. The largest absolute Gasteiger partial charge is 0.496 e. The van der Waals surface area contributed by atoms with E-state index >= 15 is 0 Å². The molecule has 0 N–H and O–H groups in total. The van der Waals surface area contributed by atoms with Gasteiger partial charge in [0, 0.05) is 9.50 Å². The Bertz CT molecular complexity index is 724. The Morgan fingerprint density at radius 2 is 2.10 bits per heavy atom. The Morgan fingerprint density at radius 1 is 1.33 bits per heavy atom. The normalized spacial score (nSPS) is 11.5. The Labute approximate surface area is 136 Å². The highest BCUT2D eigenvalue weighted by atomic mass is 79.9. The summed E-state index contributed by atoms with van der Waals surface area (Å²) in [6.07, 6.45) is 0. The standard InChI is InChI=1S/C16H11BrClNO2/c1-21-15-8-12(18)5-6-13(15)16(20)14(9-19)10-3-2-4-11(17)7-10/h2-8,14H,1H3. The second-order valence-electron chi connectivity index (χ2n) is 4.33. The molecule has 0 saturated carbocycles. The minimum atomic E-state index is -0.891. The van der Waals surface area contributed by atoms with Gasteiger partial charge in [0.05, 0.1) is 18.7 Å². The fraction of sp³-hybridized carbons (Fsp3) is 0.125. The number of carbonyl (C=O) groups excluding carboxylic acids is 1. The molecular weight excluding hydrogens is 354 g/mol. The van der Waals surface area contributed by atoms with Gasteiger partial charge >= 0.3 is 0 Å². The Morgan fingerprint density at radius 3 is 2.71 bits per heavy atom. The molecule has 0 amide bonds. The summed E-state index contributed by atoms with van der Waals surface area (Å²) in [6.45, 7) is 0. The topological polar surface area (TPSA) is 50.1 Å². The van der Waals surface area contributed by atoms with Crippen LogP contribution in [0.3, 0.4) is 0 Å². The van der Waals surface area contributed by atoms with Crippen LogP contribution in [0.25, 0.3) is 0 Å². The molecule has 5 heteroatoms. The highest BCUT2D eigenvalue weighted by Crippen LogP contribution is 2.29. The van der Waals surface area contributed by atoms with Crippen LogP contribution in [-0.2, 0) is 0 Å². The van der Waals surface area contributed by atoms with Crippen LogP contribution in [0.15, 0.2) is 46.9 Å². The van der Waals surface area contributed by atoms with Crippen molar-refractivity contribution in [2.75, 3.05) is 7.11 Å². The van der Waals surface area contributed by atoms with E-state index in [0.717, 1.165) is 4.47 Å². The molecule has 106 valence electrons. The molecule has 1 atom stereocenters. The van der Waals surface area contributed by atoms with E-state index in [1.54, 1.807) is 36.4 Å². The van der Waals surface area contributed by atoms with Gasteiger partial charge in [0.15, 0.2) is 5.78 Å². The number of nitrogens with zero attached hydrogens (tertiary/aromatic N) is 1. The first-order valence-corrected chi connectivity index (χ1v) is 7.26. The zero-order valence-electron chi connectivity index (χ0n) is 11.1. The van der Waals surface area contributed by atoms with E-state index in [-0.39, 0.29) is 5.78 Å². The zero-order valence-corrected chi connectivity index (χ0v) is 13.5. The third-order valence-corrected chi connectivity index (χ3v) is 3.73. The first-order valence-electron chi connectivity index (χ1n) is 6.09. The second-order valence-corrected chi connectivity index (χ2v) is 5.68. The van der Waals surface area contributed by atoms with Crippen LogP contribution < -0.4 is 4.74 Å². The summed E-state index contributed by atoms with van der Waals surface area (Å²) in [4.78, 5) is 12.6. The van der Waals surface area contributed by atoms with Crippen LogP contribution in [0.5, 0.6) is 5.75 Å². The van der Waals surface area contributed by atoms with Gasteiger partial charge in [-0.25, -0.2) is 0 Å². The van der Waals surface area contributed by atoms with Crippen molar-refractivity contribution in [3.05, 3.63) is 63.1 Å². The first kappa shape index (κ1) is 15.6. The number of benzene rings is 2. The number of hydrogen-bond acceptors (Lipinski definition) is 3. The molecule has 0 saturated heterocycles. The summed E-state index contributed by atoms with van der Waals surface area (Å²) in [5, 5.41) is 9.84. The van der Waals surface area contributed by atoms with E-state index < -0.39 is 5.92 Å². The molecule has 0 spiro atoms. The maximum absolute atomic E-state index is 12.6. The van der Waals surface area contributed by atoms with Gasteiger partial charge in [-0.3, -0.25) is 4.79 Å². The van der Waals surface area contributed by atoms with Crippen molar-refractivity contribution in [3.8, 4) is 11.8 Å². The van der Waals surface area contributed by atoms with Gasteiger partial charge in [-0.15, -0.1) is 0 Å². The minimum absolute atomic E-state index is 0.316. The van der Waals surface area contributed by atoms with Gasteiger partial charge in [0.1, 0.15) is 11.7 Å². The van der Waals surface area contributed by atoms with Gasteiger partial charge in [0.25, 0.3) is 0 Å². The quantitative estimate of drug-likeness (QED) is 0.745. The van der Waals surface area contributed by atoms with Gasteiger partial charge in [-0.05, 0) is 35.9 Å². The Kier molecular flexibility index (Phi) is 5.00. The number of ketones is 1. The summed E-state index contributed by atoms with van der Waals surface area (Å²) in [6, 6.07) is 13.9. The Balaban J connectivity index is 2.45. The van der Waals surface area contributed by atoms with Crippen molar-refractivity contribution in [3.63, 3.8) is 0 Å². The maximum Gasteiger partial charge on any atom is 0.188 e. The van der Waals surface area contributed by atoms with Crippen molar-refractivity contribution < 1.29 is 9.53 Å². The predicted molar refractivity (Wildman–Crippen MR) is 84.8 cm³/mol. The van der Waals surface area contributed by atoms with Gasteiger partial charge in [-0.2, -0.15) is 5.26 Å². The number of methoxy groups -OCH3 is 1. The first-order chi connectivity index (χ1) is 10.1. The molecule has 2 rings (SSSR count). The maximum atomic E-state index is 12.6. The highest BCUT2D eigenvalue weighted by Gasteiger charge is 2.24. The number of hydrogen-bond donors (Lipinski definition) is 0. The third kappa shape index (κ3) is 3.44. The molecule has 2 aromatic carbocycles. The lowest BCUT2D eigenvalue weighted by molar-refractivity contribution is 0.0976. The number of nitriles is 1. The fourth-order valence-corrected chi connectivity index (χ4v) is 2.57. The van der Waals surface area contributed by atoms with Gasteiger partial charge in [0.2, 0.25) is 0 Å². The summed E-state index contributed by atoms with van der Waals surface area (Å²) in [7, 11) is 1.46. The van der Waals surface area contributed by atoms with E-state index in [4.69, 9.17) is 16.3 Å². The molecule has 21 heavy (non-hydrogen) atoms. The molecular formula is C16H11BrClNO2. The molecule has 0 bridgehead atoms. The average Bonchev–Trinajstić information content (AvgIpc) is 2.47. The van der Waals surface area contributed by atoms with E-state index in [1.165, 1.54) is 7.11 Å². The number of rotatable bonds is 4. The van der Waals surface area contributed by atoms with E-state index in [1.807, 2.05) is 6.07 Å². The lowest BCUT2D eigenvalue weighted by atomic mass is 9.91. The van der Waals surface area contributed by atoms with Crippen LogP contribution in [0.4, 0.5) is 0 Å². The molecule has 0 aliphatic rings. The van der Waals surface area contributed by atoms with E-state index in [0.29, 0.717) is 21.9 Å². The monoisotopic (exact) mass is 363 g/mol. The number of Topliss-reactive ketones (excluding diaryl/α,β-unsaturated/α-hetero) is 1. The summed E-state index contributed by atoms with van der Waals surface area (Å²) in [5.74, 6) is -0.843. The molecule has 0 aliphatic carbocycles. The molecule has 1 unspecified atom stereocenters. The molecule has 0 fully saturated rings. The van der Waals surface area contributed by atoms with Gasteiger partial charge < -0.3 is 4.74 Å². The molecule has 3 nitrogen and oxygen atoms in total.